The number of aryl methyl sites for hydroxylation is 2. The second kappa shape index (κ2) is 9.42. The summed E-state index contributed by atoms with van der Waals surface area (Å²) in [5, 5.41) is 12.2. The minimum absolute atomic E-state index is 0.311. The monoisotopic (exact) mass is 468 g/mol. The fourth-order valence-corrected chi connectivity index (χ4v) is 5.87. The summed E-state index contributed by atoms with van der Waals surface area (Å²) in [7, 11) is 1.42. The Kier molecular flexibility index (Phi) is 6.62. The number of nitrogens with zero attached hydrogens (tertiary/aromatic N) is 2. The minimum atomic E-state index is -0.311. The highest BCUT2D eigenvalue weighted by molar-refractivity contribution is 7.80. The fraction of sp³-hybridized carbons (Fsp3) is 0.375. The molecule has 3 aromatic rings. The number of carbonyl (C=O) groups is 1. The van der Waals surface area contributed by atoms with Crippen LogP contribution in [0.4, 0.5) is 10.7 Å². The van der Waals surface area contributed by atoms with E-state index in [0.717, 1.165) is 52.5 Å². The molecule has 2 heterocycles. The molecule has 1 aromatic carbocycles. The summed E-state index contributed by atoms with van der Waals surface area (Å²) in [6, 6.07) is 10.2. The van der Waals surface area contributed by atoms with E-state index < -0.39 is 0 Å². The third kappa shape index (κ3) is 4.86. The topological polar surface area (TPSA) is 68.2 Å². The number of thiophene rings is 1. The van der Waals surface area contributed by atoms with E-state index in [-0.39, 0.29) is 5.97 Å². The molecule has 2 aromatic heterocycles. The number of anilines is 2. The summed E-state index contributed by atoms with van der Waals surface area (Å²) in [4.78, 5) is 13.8. The van der Waals surface area contributed by atoms with Crippen molar-refractivity contribution in [1.29, 1.82) is 0 Å². The van der Waals surface area contributed by atoms with E-state index in [2.05, 4.69) is 47.8 Å². The Balaban J connectivity index is 1.50. The zero-order chi connectivity index (χ0) is 22.8. The number of hydrogen-bond donors (Lipinski definition) is 2. The van der Waals surface area contributed by atoms with Crippen molar-refractivity contribution >= 4 is 45.3 Å². The number of aromatic nitrogens is 2. The molecule has 168 valence electrons. The van der Waals surface area contributed by atoms with Crippen LogP contribution in [0.3, 0.4) is 0 Å². The zero-order valence-corrected chi connectivity index (χ0v) is 20.5. The molecule has 0 saturated heterocycles. The van der Waals surface area contributed by atoms with Gasteiger partial charge in [-0.05, 0) is 80.6 Å². The van der Waals surface area contributed by atoms with Crippen molar-refractivity contribution in [2.75, 3.05) is 17.7 Å². The van der Waals surface area contributed by atoms with E-state index >= 15 is 0 Å². The highest BCUT2D eigenvalue weighted by atomic mass is 32.1. The maximum atomic E-state index is 12.5. The van der Waals surface area contributed by atoms with Crippen LogP contribution >= 0.6 is 23.6 Å². The van der Waals surface area contributed by atoms with Crippen molar-refractivity contribution in [2.24, 2.45) is 5.92 Å². The van der Waals surface area contributed by atoms with Gasteiger partial charge in [0, 0.05) is 16.3 Å². The first-order valence-electron chi connectivity index (χ1n) is 10.7. The van der Waals surface area contributed by atoms with Gasteiger partial charge in [0.2, 0.25) is 0 Å². The van der Waals surface area contributed by atoms with E-state index in [1.807, 2.05) is 23.7 Å². The lowest BCUT2D eigenvalue weighted by atomic mass is 9.88. The van der Waals surface area contributed by atoms with Gasteiger partial charge in [-0.2, -0.15) is 5.10 Å². The second-order valence-corrected chi connectivity index (χ2v) is 9.93. The van der Waals surface area contributed by atoms with Crippen molar-refractivity contribution in [3.8, 4) is 0 Å². The highest BCUT2D eigenvalue weighted by Gasteiger charge is 2.28. The average molecular weight is 469 g/mol. The number of fused-ring (bicyclic) bond motifs is 1. The van der Waals surface area contributed by atoms with Crippen molar-refractivity contribution in [2.45, 2.75) is 46.6 Å². The van der Waals surface area contributed by atoms with Gasteiger partial charge in [-0.3, -0.25) is 4.68 Å². The predicted octanol–water partition coefficient (Wildman–Crippen LogP) is 5.33. The average Bonchev–Trinajstić information content (AvgIpc) is 3.25. The molecule has 2 N–H and O–H groups in total. The van der Waals surface area contributed by atoms with Gasteiger partial charge in [0.05, 0.1) is 24.9 Å². The molecule has 1 aliphatic carbocycles. The van der Waals surface area contributed by atoms with Crippen LogP contribution in [0.25, 0.3) is 0 Å². The van der Waals surface area contributed by atoms with Crippen molar-refractivity contribution in [3.63, 3.8) is 0 Å². The first-order chi connectivity index (χ1) is 15.3. The Labute approximate surface area is 198 Å². The van der Waals surface area contributed by atoms with Gasteiger partial charge < -0.3 is 15.4 Å². The number of nitrogens with one attached hydrogen (secondary N) is 2. The molecule has 4 rings (SSSR count). The van der Waals surface area contributed by atoms with Crippen LogP contribution < -0.4 is 10.6 Å². The number of methoxy groups -OCH3 is 1. The van der Waals surface area contributed by atoms with Crippen molar-refractivity contribution in [3.05, 3.63) is 63.3 Å². The largest absolute Gasteiger partial charge is 0.465 e. The van der Waals surface area contributed by atoms with Crippen molar-refractivity contribution < 1.29 is 9.53 Å². The lowest BCUT2D eigenvalue weighted by molar-refractivity contribution is 0.0601. The molecule has 0 fully saturated rings. The Morgan fingerprint density at radius 2 is 2.12 bits per heavy atom. The summed E-state index contributed by atoms with van der Waals surface area (Å²) < 4.78 is 7.06. The van der Waals surface area contributed by atoms with Crippen LogP contribution in [-0.2, 0) is 24.1 Å². The van der Waals surface area contributed by atoms with Crippen molar-refractivity contribution in [1.82, 2.24) is 9.78 Å². The van der Waals surface area contributed by atoms with E-state index in [4.69, 9.17) is 17.0 Å². The van der Waals surface area contributed by atoms with Crippen LogP contribution in [0.2, 0.25) is 0 Å². The molecule has 0 aliphatic heterocycles. The zero-order valence-electron chi connectivity index (χ0n) is 18.8. The van der Waals surface area contributed by atoms with Crippen LogP contribution in [0.1, 0.15) is 51.1 Å². The molecule has 0 spiro atoms. The van der Waals surface area contributed by atoms with Gasteiger partial charge in [0.1, 0.15) is 5.00 Å². The van der Waals surface area contributed by atoms with Gasteiger partial charge >= 0.3 is 5.97 Å². The minimum Gasteiger partial charge on any atom is -0.465 e. The van der Waals surface area contributed by atoms with Gasteiger partial charge in [-0.25, -0.2) is 4.79 Å². The molecule has 1 aliphatic rings. The fourth-order valence-electron chi connectivity index (χ4n) is 4.18. The van der Waals surface area contributed by atoms with E-state index in [0.29, 0.717) is 23.1 Å². The first kappa shape index (κ1) is 22.5. The molecule has 1 unspecified atom stereocenters. The normalized spacial score (nSPS) is 15.2. The van der Waals surface area contributed by atoms with Gasteiger partial charge in [0.25, 0.3) is 0 Å². The smallest absolute Gasteiger partial charge is 0.341 e. The number of hydrogen-bond acceptors (Lipinski definition) is 5. The van der Waals surface area contributed by atoms with Gasteiger partial charge in [-0.15, -0.1) is 11.3 Å². The number of esters is 1. The quantitative estimate of drug-likeness (QED) is 0.390. The lowest BCUT2D eigenvalue weighted by Gasteiger charge is -2.18. The van der Waals surface area contributed by atoms with E-state index in [9.17, 15) is 4.79 Å². The Hall–Kier alpha value is -2.71. The first-order valence-corrected chi connectivity index (χ1v) is 12.0. The summed E-state index contributed by atoms with van der Waals surface area (Å²) in [6.07, 6.45) is 2.96. The molecular formula is C24H28N4O2S2. The molecule has 0 saturated carbocycles. The summed E-state index contributed by atoms with van der Waals surface area (Å²) in [6.45, 7) is 7.00. The highest BCUT2D eigenvalue weighted by Crippen LogP contribution is 2.40. The Morgan fingerprint density at radius 3 is 2.84 bits per heavy atom. The van der Waals surface area contributed by atoms with Gasteiger partial charge in [0.15, 0.2) is 5.11 Å². The maximum Gasteiger partial charge on any atom is 0.341 e. The SMILES string of the molecule is COC(=O)c1c(NC(=S)Nc2cccc(Cn3nc(C)cc3C)c2)sc2c1CCC(C)C2. The second-order valence-electron chi connectivity index (χ2n) is 8.41. The predicted molar refractivity (Wildman–Crippen MR) is 134 cm³/mol. The number of thiocarbonyl (C=S) groups is 1. The molecule has 32 heavy (non-hydrogen) atoms. The standard InChI is InChI=1S/C24H28N4O2S2/c1-14-8-9-19-20(10-14)32-22(21(19)23(29)30-4)26-24(31)25-18-7-5-6-17(12-18)13-28-16(3)11-15(2)27-28/h5-7,11-12,14H,8-10,13H2,1-4H3,(H2,25,26,31). The molecule has 1 atom stereocenters. The van der Waals surface area contributed by atoms with E-state index in [1.165, 1.54) is 12.0 Å². The van der Waals surface area contributed by atoms with Crippen LogP contribution in [0.5, 0.6) is 0 Å². The molecular weight excluding hydrogens is 440 g/mol. The molecule has 0 amide bonds. The molecule has 0 radical (unpaired) electrons. The van der Waals surface area contributed by atoms with Crippen LogP contribution in [-0.4, -0.2) is 28.0 Å². The Bertz CT molecular complexity index is 1160. The van der Waals surface area contributed by atoms with Crippen LogP contribution in [0, 0.1) is 19.8 Å². The number of benzene rings is 1. The third-order valence-corrected chi connectivity index (χ3v) is 7.12. The summed E-state index contributed by atoms with van der Waals surface area (Å²) in [5.74, 6) is 0.309. The summed E-state index contributed by atoms with van der Waals surface area (Å²) >= 11 is 7.18. The van der Waals surface area contributed by atoms with Gasteiger partial charge in [-0.1, -0.05) is 19.1 Å². The number of ether oxygens (including phenoxy) is 1. The number of carbonyl (C=O) groups excluding carboxylic acids is 1. The van der Waals surface area contributed by atoms with Crippen LogP contribution in [0.15, 0.2) is 30.3 Å². The Morgan fingerprint density at radius 1 is 1.31 bits per heavy atom. The third-order valence-electron chi connectivity index (χ3n) is 5.75. The molecule has 6 nitrogen and oxygen atoms in total. The maximum absolute atomic E-state index is 12.5. The van der Waals surface area contributed by atoms with E-state index in [1.54, 1.807) is 11.3 Å². The summed E-state index contributed by atoms with van der Waals surface area (Å²) in [5.41, 5.74) is 5.89. The molecule has 8 heteroatoms. The number of rotatable bonds is 5. The molecule has 0 bridgehead atoms. The lowest BCUT2D eigenvalue weighted by Crippen LogP contribution is -2.20.